The van der Waals surface area contributed by atoms with Crippen LogP contribution in [-0.2, 0) is 42.1 Å². The average Bonchev–Trinajstić information content (AvgIpc) is 3.97. The predicted molar refractivity (Wildman–Crippen MR) is 271 cm³/mol. The summed E-state index contributed by atoms with van der Waals surface area (Å²) < 4.78 is 0. The number of aliphatic imine (C=N–C) groups is 2. The summed E-state index contributed by atoms with van der Waals surface area (Å²) in [7, 11) is 0. The van der Waals surface area contributed by atoms with E-state index in [2.05, 4.69) is 113 Å². The van der Waals surface area contributed by atoms with Gasteiger partial charge < -0.3 is 40.2 Å². The molecule has 0 amide bonds. The molecule has 0 spiro atoms. The Hall–Kier alpha value is -7.00. The third kappa shape index (κ3) is 15.0. The van der Waals surface area contributed by atoms with Crippen LogP contribution in [0.15, 0.2) is 205 Å². The van der Waals surface area contributed by atoms with Crippen LogP contribution in [0.4, 0.5) is 57.1 Å². The largest absolute Gasteiger partial charge is 0.491 e. The van der Waals surface area contributed by atoms with Gasteiger partial charge >= 0.3 is 0 Å². The Bertz CT molecular complexity index is 2490. The summed E-state index contributed by atoms with van der Waals surface area (Å²) in [5.74, 6) is 1.88. The molecule has 0 radical (unpaired) electrons. The standard InChI is InChI=1S/2C14H14N4.2C13H11N2.2Pt/c2*1-11(2)17-10-18(12-6-4-3-5-7-12)13-8-15-9-16-14(13)17;2*1-3-7-12(8-4-1)14-11-15-13-9-5-2-6-10-13;;/h2*3-6,8-11H,1-2H3;2*1-11H;;/q2*-2;2*-1;;. The fourth-order valence-corrected chi connectivity index (χ4v) is 6.44. The first-order valence-corrected chi connectivity index (χ1v) is 21.5. The molecule has 8 aromatic rings. The monoisotopic (exact) mass is 1260 g/mol. The number of anilines is 6. The maximum atomic E-state index is 4.37. The molecule has 0 fully saturated rings. The Kier molecular flexibility index (Phi) is 21.1. The smallest absolute Gasteiger partial charge is 0.125 e. The van der Waals surface area contributed by atoms with Gasteiger partial charge in [0.05, 0.1) is 23.8 Å². The average molecular weight is 1260 g/mol. The van der Waals surface area contributed by atoms with Gasteiger partial charge in [0.1, 0.15) is 24.3 Å². The van der Waals surface area contributed by atoms with Crippen LogP contribution in [0.2, 0.25) is 0 Å². The summed E-state index contributed by atoms with van der Waals surface area (Å²) in [6.07, 6.45) is 9.99. The van der Waals surface area contributed by atoms with Crippen LogP contribution >= 0.6 is 0 Å². The fraction of sp³-hybridized carbons (Fsp3) is 0.111. The molecule has 0 N–H and O–H groups in total. The number of rotatable bonds is 10. The number of para-hydroxylation sites is 6. The Labute approximate surface area is 429 Å². The first kappa shape index (κ1) is 52.0. The molecule has 352 valence electrons. The normalized spacial score (nSPS) is 12.1. The van der Waals surface area contributed by atoms with E-state index in [1.165, 1.54) is 0 Å². The summed E-state index contributed by atoms with van der Waals surface area (Å²) in [5.41, 5.74) is 7.64. The Morgan fingerprint density at radius 2 is 0.838 bits per heavy atom. The second kappa shape index (κ2) is 27.6. The first-order valence-electron chi connectivity index (χ1n) is 21.5. The maximum Gasteiger partial charge on any atom is 0.125 e. The van der Waals surface area contributed by atoms with Crippen molar-refractivity contribution in [3.05, 3.63) is 231 Å². The van der Waals surface area contributed by atoms with Crippen LogP contribution in [-0.4, -0.2) is 44.7 Å². The van der Waals surface area contributed by atoms with Gasteiger partial charge in [-0.15, -0.1) is 24.7 Å². The summed E-state index contributed by atoms with van der Waals surface area (Å²) in [5, 5.41) is 8.42. The molecule has 0 bridgehead atoms. The van der Waals surface area contributed by atoms with Gasteiger partial charge in [0.2, 0.25) is 0 Å². The van der Waals surface area contributed by atoms with Crippen molar-refractivity contribution in [1.82, 2.24) is 19.9 Å². The molecule has 12 nitrogen and oxygen atoms in total. The molecule has 0 saturated carbocycles. The van der Waals surface area contributed by atoms with Crippen LogP contribution in [0.25, 0.3) is 10.6 Å². The molecule has 0 saturated heterocycles. The summed E-state index contributed by atoms with van der Waals surface area (Å²) in [6, 6.07) is 62.0. The summed E-state index contributed by atoms with van der Waals surface area (Å²) >= 11 is 0. The van der Waals surface area contributed by atoms with Gasteiger partial charge in [-0.25, -0.2) is 19.9 Å². The van der Waals surface area contributed by atoms with Gasteiger partial charge in [-0.05, 0) is 62.5 Å². The predicted octanol–water partition coefficient (Wildman–Crippen LogP) is 13.6. The van der Waals surface area contributed by atoms with Crippen molar-refractivity contribution < 1.29 is 42.1 Å². The van der Waals surface area contributed by atoms with Gasteiger partial charge in [0, 0.05) is 42.1 Å². The third-order valence-electron chi connectivity index (χ3n) is 9.70. The van der Waals surface area contributed by atoms with Gasteiger partial charge in [-0.3, -0.25) is 0 Å². The van der Waals surface area contributed by atoms with Gasteiger partial charge in [0.15, 0.2) is 0 Å². The second-order valence-electron chi connectivity index (χ2n) is 15.0. The van der Waals surface area contributed by atoms with E-state index >= 15 is 0 Å². The minimum Gasteiger partial charge on any atom is -0.491 e. The van der Waals surface area contributed by atoms with Gasteiger partial charge in [-0.2, -0.15) is 60.7 Å². The number of fused-ring (bicyclic) bond motifs is 2. The minimum atomic E-state index is 0. The quantitative estimate of drug-likeness (QED) is 0.0755. The van der Waals surface area contributed by atoms with Crippen molar-refractivity contribution in [3.63, 3.8) is 0 Å². The molecule has 2 aromatic heterocycles. The molecule has 4 heterocycles. The SMILES string of the molecule is C(=Nc1ccccc1)[N-]c1ccccc1.C(=Nc1ccccc1)[N-]c1ccccc1.CC(C)N1[CH-]N(c2[c-]cccc2)c2cncnc21.CC(C)N1[CH-]N(c2[c-]cccc2)c2cncnc21.[Pt].[Pt]. The third-order valence-corrected chi connectivity index (χ3v) is 9.70. The van der Waals surface area contributed by atoms with Crippen molar-refractivity contribution in [3.8, 4) is 0 Å². The molecule has 10 rings (SSSR count). The van der Waals surface area contributed by atoms with E-state index < -0.39 is 0 Å². The van der Waals surface area contributed by atoms with E-state index in [0.29, 0.717) is 12.1 Å². The molecule has 0 unspecified atom stereocenters. The van der Waals surface area contributed by atoms with Crippen molar-refractivity contribution in [1.29, 1.82) is 0 Å². The Morgan fingerprint density at radius 3 is 1.18 bits per heavy atom. The fourth-order valence-electron chi connectivity index (χ4n) is 6.44. The summed E-state index contributed by atoms with van der Waals surface area (Å²) in [4.78, 5) is 33.8. The topological polar surface area (TPSA) is 117 Å². The van der Waals surface area contributed by atoms with E-state index in [1.807, 2.05) is 182 Å². The van der Waals surface area contributed by atoms with Crippen LogP contribution in [0.3, 0.4) is 0 Å². The zero-order valence-electron chi connectivity index (χ0n) is 37.9. The van der Waals surface area contributed by atoms with Crippen molar-refractivity contribution in [2.45, 2.75) is 39.8 Å². The van der Waals surface area contributed by atoms with Crippen molar-refractivity contribution in [2.24, 2.45) is 9.98 Å². The van der Waals surface area contributed by atoms with Crippen LogP contribution in [0.5, 0.6) is 0 Å². The Balaban J connectivity index is 0.000000168. The molecule has 68 heavy (non-hydrogen) atoms. The number of benzene rings is 6. The van der Waals surface area contributed by atoms with E-state index in [4.69, 9.17) is 0 Å². The molecule has 2 aliphatic rings. The number of aromatic nitrogens is 4. The van der Waals surface area contributed by atoms with Crippen LogP contribution in [0.1, 0.15) is 27.7 Å². The number of hydrogen-bond acceptors (Lipinski definition) is 10. The first-order chi connectivity index (χ1) is 32.4. The zero-order chi connectivity index (χ0) is 45.8. The van der Waals surface area contributed by atoms with Crippen molar-refractivity contribution >= 4 is 69.8 Å². The second-order valence-corrected chi connectivity index (χ2v) is 15.0. The minimum absolute atomic E-state index is 0. The number of hydrogen-bond donors (Lipinski definition) is 0. The van der Waals surface area contributed by atoms with Crippen LogP contribution < -0.4 is 19.6 Å². The van der Waals surface area contributed by atoms with Gasteiger partial charge in [0.25, 0.3) is 0 Å². The summed E-state index contributed by atoms with van der Waals surface area (Å²) in [6.45, 7) is 12.7. The molecule has 14 heteroatoms. The molecule has 2 aliphatic heterocycles. The van der Waals surface area contributed by atoms with E-state index in [0.717, 1.165) is 57.1 Å². The van der Waals surface area contributed by atoms with Crippen molar-refractivity contribution in [2.75, 3.05) is 19.6 Å². The molecule has 6 aromatic carbocycles. The number of nitrogens with zero attached hydrogens (tertiary/aromatic N) is 12. The van der Waals surface area contributed by atoms with Gasteiger partial charge in [-0.1, -0.05) is 134 Å². The molecule has 0 atom stereocenters. The van der Waals surface area contributed by atoms with Crippen LogP contribution in [0, 0.1) is 25.5 Å². The van der Waals surface area contributed by atoms with E-state index in [1.54, 1.807) is 25.3 Å². The maximum absolute atomic E-state index is 4.37. The zero-order valence-corrected chi connectivity index (χ0v) is 42.5. The molecular weight excluding hydrogens is 1210 g/mol. The van der Waals surface area contributed by atoms with E-state index in [9.17, 15) is 0 Å². The Morgan fingerprint density at radius 1 is 0.485 bits per heavy atom. The molecule has 0 aliphatic carbocycles. The van der Waals surface area contributed by atoms with E-state index in [-0.39, 0.29) is 42.1 Å². The molecular formula is C54H50N12Pt2-6.